The molecule has 0 unspecified atom stereocenters. The van der Waals surface area contributed by atoms with Gasteiger partial charge < -0.3 is 4.74 Å². The third-order valence-electron chi connectivity index (χ3n) is 2.92. The van der Waals surface area contributed by atoms with Gasteiger partial charge in [0.15, 0.2) is 0 Å². The number of carbonyl (C=O) groups excluding carboxylic acids is 1. The number of benzene rings is 1. The van der Waals surface area contributed by atoms with Crippen LogP contribution < -0.4 is 4.74 Å². The number of para-hydroxylation sites is 1. The van der Waals surface area contributed by atoms with E-state index in [0.717, 1.165) is 18.4 Å². The molecule has 0 amide bonds. The Balaban J connectivity index is 2.28. The van der Waals surface area contributed by atoms with Crippen molar-refractivity contribution in [2.75, 3.05) is 0 Å². The number of aryl methyl sites for hydroxylation is 1. The Kier molecular flexibility index (Phi) is 7.12. The quantitative estimate of drug-likeness (QED) is 0.602. The molecular weight excluding hydrogens is 212 g/mol. The van der Waals surface area contributed by atoms with Crippen LogP contribution in [0.5, 0.6) is 5.75 Å². The lowest BCUT2D eigenvalue weighted by molar-refractivity contribution is 0.439. The molecule has 1 rings (SSSR count). The van der Waals surface area contributed by atoms with Gasteiger partial charge in [0, 0.05) is 0 Å². The second-order valence-corrected chi connectivity index (χ2v) is 4.31. The topological polar surface area (TPSA) is 26.3 Å². The van der Waals surface area contributed by atoms with Gasteiger partial charge in [0.1, 0.15) is 5.75 Å². The zero-order chi connectivity index (χ0) is 12.3. The highest BCUT2D eigenvalue weighted by atomic mass is 16.5. The smallest absolute Gasteiger partial charge is 0.418 e. The van der Waals surface area contributed by atoms with E-state index in [2.05, 4.69) is 6.92 Å². The van der Waals surface area contributed by atoms with Crippen molar-refractivity contribution in [3.8, 4) is 5.75 Å². The lowest BCUT2D eigenvalue weighted by atomic mass is 10.0. The molecule has 0 aliphatic heterocycles. The van der Waals surface area contributed by atoms with Crippen LogP contribution in [0.1, 0.15) is 51.0 Å². The minimum absolute atomic E-state index is 0.649. The van der Waals surface area contributed by atoms with E-state index in [0.29, 0.717) is 5.75 Å². The predicted molar refractivity (Wildman–Crippen MR) is 69.8 cm³/mol. The van der Waals surface area contributed by atoms with Crippen LogP contribution in [0, 0.1) is 0 Å². The number of unbranched alkanes of at least 4 members (excludes halogenated alkanes) is 5. The van der Waals surface area contributed by atoms with Gasteiger partial charge in [-0.25, -0.2) is 4.79 Å². The monoisotopic (exact) mass is 233 g/mol. The number of hydrogen-bond acceptors (Lipinski definition) is 2. The van der Waals surface area contributed by atoms with Crippen LogP contribution in [0.2, 0.25) is 0 Å². The number of ether oxygens (including phenoxy) is 1. The highest BCUT2D eigenvalue weighted by Gasteiger charge is 2.02. The molecule has 0 bridgehead atoms. The average Bonchev–Trinajstić information content (AvgIpc) is 2.36. The Morgan fingerprint density at radius 1 is 1.06 bits per heavy atom. The van der Waals surface area contributed by atoms with E-state index in [9.17, 15) is 4.79 Å². The molecule has 0 saturated heterocycles. The Morgan fingerprint density at radius 3 is 2.53 bits per heavy atom. The minimum atomic E-state index is 0.649. The molecule has 0 N–H and O–H groups in total. The van der Waals surface area contributed by atoms with Gasteiger partial charge in [-0.15, -0.1) is 0 Å². The summed E-state index contributed by atoms with van der Waals surface area (Å²) in [5.41, 5.74) is 1.10. The van der Waals surface area contributed by atoms with Crippen molar-refractivity contribution in [3.63, 3.8) is 0 Å². The summed E-state index contributed by atoms with van der Waals surface area (Å²) in [4.78, 5) is 10.2. The van der Waals surface area contributed by atoms with E-state index in [1.807, 2.05) is 24.3 Å². The maximum absolute atomic E-state index is 10.2. The van der Waals surface area contributed by atoms with E-state index in [1.54, 1.807) is 0 Å². The summed E-state index contributed by atoms with van der Waals surface area (Å²) >= 11 is 0. The standard InChI is InChI=1S/C15H21O2/c1-2-3-4-5-6-7-10-14-11-8-9-12-15(14)17-13-16/h8-9,11-12H,2-7,10H2,1H3. The Hall–Kier alpha value is -1.31. The molecular formula is C15H21O2. The summed E-state index contributed by atoms with van der Waals surface area (Å²) in [6, 6.07) is 7.68. The minimum Gasteiger partial charge on any atom is -0.418 e. The van der Waals surface area contributed by atoms with Crippen molar-refractivity contribution in [3.05, 3.63) is 29.8 Å². The molecule has 0 spiro atoms. The van der Waals surface area contributed by atoms with E-state index < -0.39 is 0 Å². The van der Waals surface area contributed by atoms with Crippen LogP contribution in [0.3, 0.4) is 0 Å². The van der Waals surface area contributed by atoms with Crippen LogP contribution in [-0.2, 0) is 11.2 Å². The van der Waals surface area contributed by atoms with Crippen LogP contribution in [0.4, 0.5) is 0 Å². The SMILES string of the molecule is CCCCCCCCc1ccccc1O[C]=O. The molecule has 0 heterocycles. The molecule has 1 aromatic rings. The Morgan fingerprint density at radius 2 is 1.76 bits per heavy atom. The van der Waals surface area contributed by atoms with Crippen LogP contribution in [0.15, 0.2) is 24.3 Å². The van der Waals surface area contributed by atoms with E-state index in [4.69, 9.17) is 4.74 Å². The van der Waals surface area contributed by atoms with Gasteiger partial charge in [-0.3, -0.25) is 0 Å². The zero-order valence-corrected chi connectivity index (χ0v) is 10.6. The first-order valence-corrected chi connectivity index (χ1v) is 6.50. The highest BCUT2D eigenvalue weighted by Crippen LogP contribution is 2.20. The van der Waals surface area contributed by atoms with Gasteiger partial charge in [-0.1, -0.05) is 57.2 Å². The lowest BCUT2D eigenvalue weighted by Crippen LogP contribution is -1.95. The number of hydrogen-bond donors (Lipinski definition) is 0. The van der Waals surface area contributed by atoms with Gasteiger partial charge in [0.2, 0.25) is 0 Å². The fraction of sp³-hybridized carbons (Fsp3) is 0.533. The van der Waals surface area contributed by atoms with Crippen molar-refractivity contribution in [2.24, 2.45) is 0 Å². The first-order valence-electron chi connectivity index (χ1n) is 6.50. The van der Waals surface area contributed by atoms with Crippen molar-refractivity contribution < 1.29 is 9.53 Å². The van der Waals surface area contributed by atoms with E-state index in [1.165, 1.54) is 38.6 Å². The Bertz CT molecular complexity index is 320. The van der Waals surface area contributed by atoms with Crippen molar-refractivity contribution in [1.29, 1.82) is 0 Å². The molecule has 0 aromatic heterocycles. The van der Waals surface area contributed by atoms with E-state index in [-0.39, 0.29) is 0 Å². The first-order chi connectivity index (χ1) is 8.38. The molecule has 0 saturated carbocycles. The molecule has 1 radical (unpaired) electrons. The normalized spacial score (nSPS) is 10.2. The lowest BCUT2D eigenvalue weighted by Gasteiger charge is -2.06. The summed E-state index contributed by atoms with van der Waals surface area (Å²) in [5.74, 6) is 0.649. The summed E-state index contributed by atoms with van der Waals surface area (Å²) in [7, 11) is 0. The summed E-state index contributed by atoms with van der Waals surface area (Å²) in [5, 5.41) is 0. The third kappa shape index (κ3) is 5.53. The highest BCUT2D eigenvalue weighted by molar-refractivity contribution is 5.48. The fourth-order valence-corrected chi connectivity index (χ4v) is 1.95. The van der Waals surface area contributed by atoms with Crippen LogP contribution in [-0.4, -0.2) is 6.47 Å². The zero-order valence-electron chi connectivity index (χ0n) is 10.6. The second-order valence-electron chi connectivity index (χ2n) is 4.31. The predicted octanol–water partition coefficient (Wildman–Crippen LogP) is 4.04. The van der Waals surface area contributed by atoms with Gasteiger partial charge in [0.25, 0.3) is 0 Å². The number of rotatable bonds is 9. The van der Waals surface area contributed by atoms with Crippen molar-refractivity contribution in [2.45, 2.75) is 51.9 Å². The molecule has 2 heteroatoms. The third-order valence-corrected chi connectivity index (χ3v) is 2.92. The molecule has 0 atom stereocenters. The van der Waals surface area contributed by atoms with Gasteiger partial charge >= 0.3 is 6.47 Å². The summed E-state index contributed by atoms with van der Waals surface area (Å²) in [6.07, 6.45) is 8.63. The largest absolute Gasteiger partial charge is 0.423 e. The van der Waals surface area contributed by atoms with Gasteiger partial charge in [-0.05, 0) is 24.5 Å². The molecule has 17 heavy (non-hydrogen) atoms. The van der Waals surface area contributed by atoms with Crippen molar-refractivity contribution >= 4 is 6.47 Å². The fourth-order valence-electron chi connectivity index (χ4n) is 1.95. The molecule has 1 aromatic carbocycles. The molecule has 93 valence electrons. The maximum atomic E-state index is 10.2. The summed E-state index contributed by atoms with van der Waals surface area (Å²) < 4.78 is 4.83. The first kappa shape index (κ1) is 13.8. The molecule has 2 nitrogen and oxygen atoms in total. The molecule has 0 aliphatic carbocycles. The van der Waals surface area contributed by atoms with E-state index >= 15 is 0 Å². The van der Waals surface area contributed by atoms with Gasteiger partial charge in [0.05, 0.1) is 0 Å². The van der Waals surface area contributed by atoms with Crippen molar-refractivity contribution in [1.82, 2.24) is 0 Å². The molecule has 0 aliphatic rings. The summed E-state index contributed by atoms with van der Waals surface area (Å²) in [6.45, 7) is 3.72. The van der Waals surface area contributed by atoms with Crippen LogP contribution >= 0.6 is 0 Å². The second kappa shape index (κ2) is 8.80. The van der Waals surface area contributed by atoms with Crippen LogP contribution in [0.25, 0.3) is 0 Å². The Labute approximate surface area is 104 Å². The molecule has 0 fully saturated rings. The average molecular weight is 233 g/mol. The van der Waals surface area contributed by atoms with Gasteiger partial charge in [-0.2, -0.15) is 0 Å². The maximum Gasteiger partial charge on any atom is 0.423 e.